The first kappa shape index (κ1) is 24.7. The number of hydrogen-bond acceptors (Lipinski definition) is 8. The second kappa shape index (κ2) is 13.8. The van der Waals surface area contributed by atoms with E-state index in [2.05, 4.69) is 17.6 Å². The molecular weight excluding hydrogens is 344 g/mol. The summed E-state index contributed by atoms with van der Waals surface area (Å²) in [6.07, 6.45) is 5.61. The Hall–Kier alpha value is -0.320. The fourth-order valence-corrected chi connectivity index (χ4v) is 3.91. The molecule has 10 N–H and O–H groups in total. The molecule has 1 fully saturated rings. The van der Waals surface area contributed by atoms with Crippen LogP contribution in [0.15, 0.2) is 0 Å². The molecule has 0 amide bonds. The number of ether oxygens (including phenoxy) is 2. The van der Waals surface area contributed by atoms with Crippen LogP contribution in [0.1, 0.15) is 52.4 Å². The van der Waals surface area contributed by atoms with Crippen LogP contribution < -0.4 is 33.6 Å². The lowest BCUT2D eigenvalue weighted by Gasteiger charge is -2.39. The molecule has 1 aliphatic rings. The van der Waals surface area contributed by atoms with E-state index in [4.69, 9.17) is 32.4 Å². The SMILES string of the molecule is COCCOCCC1NC(CC(C)N)CC(CC(N)CC(N)C[C@H](C)N)N1. The second-order valence-electron chi connectivity index (χ2n) is 8.33. The van der Waals surface area contributed by atoms with Crippen LogP contribution in [0.5, 0.6) is 0 Å². The summed E-state index contributed by atoms with van der Waals surface area (Å²) >= 11 is 0. The molecule has 1 saturated heterocycles. The molecule has 162 valence electrons. The van der Waals surface area contributed by atoms with Gasteiger partial charge in [0.25, 0.3) is 0 Å². The van der Waals surface area contributed by atoms with Crippen LogP contribution in [-0.2, 0) is 9.47 Å². The molecule has 0 radical (unpaired) electrons. The highest BCUT2D eigenvalue weighted by Crippen LogP contribution is 2.17. The highest BCUT2D eigenvalue weighted by Gasteiger charge is 2.29. The van der Waals surface area contributed by atoms with Crippen LogP contribution in [0, 0.1) is 0 Å². The van der Waals surface area contributed by atoms with Gasteiger partial charge in [0.2, 0.25) is 0 Å². The average Bonchev–Trinajstić information content (AvgIpc) is 2.52. The topological polar surface area (TPSA) is 147 Å². The summed E-state index contributed by atoms with van der Waals surface area (Å²) in [5.41, 5.74) is 24.4. The Morgan fingerprint density at radius 3 is 2.11 bits per heavy atom. The molecule has 8 nitrogen and oxygen atoms in total. The third kappa shape index (κ3) is 12.0. The molecule has 8 heteroatoms. The van der Waals surface area contributed by atoms with E-state index in [1.165, 1.54) is 0 Å². The van der Waals surface area contributed by atoms with E-state index in [0.29, 0.717) is 31.9 Å². The Morgan fingerprint density at radius 1 is 0.852 bits per heavy atom. The molecule has 7 atom stereocenters. The van der Waals surface area contributed by atoms with Crippen LogP contribution in [0.2, 0.25) is 0 Å². The number of hydrogen-bond donors (Lipinski definition) is 6. The molecule has 1 heterocycles. The minimum Gasteiger partial charge on any atom is -0.382 e. The summed E-state index contributed by atoms with van der Waals surface area (Å²) < 4.78 is 10.6. The maximum Gasteiger partial charge on any atom is 0.0700 e. The van der Waals surface area contributed by atoms with E-state index in [9.17, 15) is 0 Å². The van der Waals surface area contributed by atoms with E-state index < -0.39 is 0 Å². The van der Waals surface area contributed by atoms with E-state index in [-0.39, 0.29) is 30.3 Å². The van der Waals surface area contributed by atoms with Gasteiger partial charge in [0.15, 0.2) is 0 Å². The highest BCUT2D eigenvalue weighted by molar-refractivity contribution is 4.90. The highest BCUT2D eigenvalue weighted by atomic mass is 16.5. The van der Waals surface area contributed by atoms with Gasteiger partial charge in [-0.25, -0.2) is 0 Å². The fourth-order valence-electron chi connectivity index (χ4n) is 3.91. The van der Waals surface area contributed by atoms with Gasteiger partial charge in [0, 0.05) is 50.0 Å². The van der Waals surface area contributed by atoms with Gasteiger partial charge in [-0.2, -0.15) is 0 Å². The number of rotatable bonds is 14. The van der Waals surface area contributed by atoms with Crippen molar-refractivity contribution < 1.29 is 9.47 Å². The Balaban J connectivity index is 2.47. The minimum atomic E-state index is 0.0616. The van der Waals surface area contributed by atoms with Gasteiger partial charge in [-0.05, 0) is 52.4 Å². The van der Waals surface area contributed by atoms with Gasteiger partial charge < -0.3 is 32.4 Å². The molecule has 0 aromatic rings. The number of methoxy groups -OCH3 is 1. The van der Waals surface area contributed by atoms with Crippen LogP contribution in [0.4, 0.5) is 0 Å². The van der Waals surface area contributed by atoms with Crippen molar-refractivity contribution in [2.45, 2.75) is 94.8 Å². The molecule has 0 bridgehead atoms. The van der Waals surface area contributed by atoms with E-state index in [1.54, 1.807) is 7.11 Å². The first-order chi connectivity index (χ1) is 12.8. The smallest absolute Gasteiger partial charge is 0.0700 e. The van der Waals surface area contributed by atoms with E-state index >= 15 is 0 Å². The second-order valence-corrected chi connectivity index (χ2v) is 8.33. The number of nitrogens with two attached hydrogens (primary N) is 4. The normalized spacial score (nSPS) is 27.9. The zero-order chi connectivity index (χ0) is 20.2. The summed E-state index contributed by atoms with van der Waals surface area (Å²) in [6, 6.07) is 1.17. The van der Waals surface area contributed by atoms with Crippen LogP contribution in [-0.4, -0.2) is 69.3 Å². The van der Waals surface area contributed by atoms with Crippen molar-refractivity contribution in [3.8, 4) is 0 Å². The van der Waals surface area contributed by atoms with Crippen molar-refractivity contribution in [2.75, 3.05) is 26.9 Å². The molecule has 0 aromatic heterocycles. The van der Waals surface area contributed by atoms with E-state index in [1.807, 2.05) is 6.92 Å². The quantitative estimate of drug-likeness (QED) is 0.220. The lowest BCUT2D eigenvalue weighted by Crippen LogP contribution is -2.60. The van der Waals surface area contributed by atoms with Crippen molar-refractivity contribution >= 4 is 0 Å². The molecule has 0 aromatic carbocycles. The van der Waals surface area contributed by atoms with Gasteiger partial charge >= 0.3 is 0 Å². The Morgan fingerprint density at radius 2 is 1.52 bits per heavy atom. The number of nitrogens with one attached hydrogen (secondary N) is 2. The van der Waals surface area contributed by atoms with Crippen LogP contribution in [0.3, 0.4) is 0 Å². The molecule has 1 aliphatic heterocycles. The maximum absolute atomic E-state index is 6.38. The standard InChI is InChI=1S/C19H44N6O2/c1-13(20)8-15(22)10-16(23)11-18-12-17(9-14(2)21)24-19(25-18)4-5-27-7-6-26-3/h13-19,24-25H,4-12,20-23H2,1-3H3/t13-,14?,15?,16?,17?,18?,19?/m0/s1. The van der Waals surface area contributed by atoms with Crippen molar-refractivity contribution in [3.63, 3.8) is 0 Å². The third-order valence-corrected chi connectivity index (χ3v) is 4.95. The lowest BCUT2D eigenvalue weighted by atomic mass is 9.90. The van der Waals surface area contributed by atoms with Gasteiger partial charge in [0.05, 0.1) is 19.4 Å². The van der Waals surface area contributed by atoms with Gasteiger partial charge in [-0.1, -0.05) is 0 Å². The van der Waals surface area contributed by atoms with Gasteiger partial charge in [-0.15, -0.1) is 0 Å². The Bertz CT molecular complexity index is 372. The molecule has 6 unspecified atom stereocenters. The molecular formula is C19H44N6O2. The first-order valence-corrected chi connectivity index (χ1v) is 10.4. The summed E-state index contributed by atoms with van der Waals surface area (Å²) in [7, 11) is 1.68. The largest absolute Gasteiger partial charge is 0.382 e. The monoisotopic (exact) mass is 388 g/mol. The first-order valence-electron chi connectivity index (χ1n) is 10.4. The zero-order valence-corrected chi connectivity index (χ0v) is 17.5. The summed E-state index contributed by atoms with van der Waals surface area (Å²) in [5, 5.41) is 7.35. The molecule has 0 saturated carbocycles. The van der Waals surface area contributed by atoms with Crippen molar-refractivity contribution in [3.05, 3.63) is 0 Å². The van der Waals surface area contributed by atoms with Crippen molar-refractivity contribution in [1.29, 1.82) is 0 Å². The Kier molecular flexibility index (Phi) is 12.6. The maximum atomic E-state index is 6.38. The fraction of sp³-hybridized carbons (Fsp3) is 1.00. The summed E-state index contributed by atoms with van der Waals surface area (Å²) in [6.45, 7) is 5.98. The van der Waals surface area contributed by atoms with Crippen LogP contribution in [0.25, 0.3) is 0 Å². The predicted octanol–water partition coefficient (Wildman–Crippen LogP) is -0.405. The van der Waals surface area contributed by atoms with Gasteiger partial charge in [0.1, 0.15) is 0 Å². The molecule has 0 aliphatic carbocycles. The zero-order valence-electron chi connectivity index (χ0n) is 17.5. The summed E-state index contributed by atoms with van der Waals surface area (Å²) in [4.78, 5) is 0. The predicted molar refractivity (Wildman–Crippen MR) is 111 cm³/mol. The molecule has 1 rings (SSSR count). The minimum absolute atomic E-state index is 0.0616. The Labute approximate surface area is 165 Å². The lowest BCUT2D eigenvalue weighted by molar-refractivity contribution is 0.0594. The average molecular weight is 389 g/mol. The summed E-state index contributed by atoms with van der Waals surface area (Å²) in [5.74, 6) is 0. The van der Waals surface area contributed by atoms with E-state index in [0.717, 1.165) is 38.5 Å². The van der Waals surface area contributed by atoms with Crippen molar-refractivity contribution in [1.82, 2.24) is 10.6 Å². The van der Waals surface area contributed by atoms with Crippen LogP contribution >= 0.6 is 0 Å². The molecule has 0 spiro atoms. The third-order valence-electron chi connectivity index (χ3n) is 4.95. The van der Waals surface area contributed by atoms with Gasteiger partial charge in [-0.3, -0.25) is 10.6 Å². The molecule has 27 heavy (non-hydrogen) atoms. The van der Waals surface area contributed by atoms with Crippen molar-refractivity contribution in [2.24, 2.45) is 22.9 Å².